The van der Waals surface area contributed by atoms with Crippen molar-refractivity contribution in [1.82, 2.24) is 9.97 Å². The van der Waals surface area contributed by atoms with Crippen LogP contribution in [0.2, 0.25) is 0 Å². The number of carboxylic acids is 1. The highest BCUT2D eigenvalue weighted by atomic mass is 16.4. The monoisotopic (exact) mass is 283 g/mol. The molecule has 0 amide bonds. The van der Waals surface area contributed by atoms with E-state index in [-0.39, 0.29) is 5.69 Å². The van der Waals surface area contributed by atoms with E-state index >= 15 is 0 Å². The van der Waals surface area contributed by atoms with Crippen molar-refractivity contribution in [3.63, 3.8) is 0 Å². The zero-order valence-corrected chi connectivity index (χ0v) is 11.9. The van der Waals surface area contributed by atoms with Crippen LogP contribution in [0.5, 0.6) is 0 Å². The minimum Gasteiger partial charge on any atom is -0.477 e. The molecule has 0 saturated carbocycles. The number of hydrogen-bond donors (Lipinski definition) is 1. The van der Waals surface area contributed by atoms with E-state index in [1.807, 2.05) is 31.2 Å². The van der Waals surface area contributed by atoms with Crippen LogP contribution in [0.4, 0.5) is 5.82 Å². The van der Waals surface area contributed by atoms with Crippen molar-refractivity contribution >= 4 is 11.8 Å². The highest BCUT2D eigenvalue weighted by Gasteiger charge is 2.18. The fourth-order valence-electron chi connectivity index (χ4n) is 2.48. The largest absolute Gasteiger partial charge is 0.477 e. The van der Waals surface area contributed by atoms with Crippen LogP contribution < -0.4 is 4.90 Å². The van der Waals surface area contributed by atoms with Crippen LogP contribution in [-0.2, 0) is 0 Å². The minimum atomic E-state index is -1.02. The molecule has 1 aromatic carbocycles. The van der Waals surface area contributed by atoms with Gasteiger partial charge in [-0.05, 0) is 19.8 Å². The van der Waals surface area contributed by atoms with Crippen LogP contribution >= 0.6 is 0 Å². The highest BCUT2D eigenvalue weighted by Crippen LogP contribution is 2.23. The SMILES string of the molecule is Cc1ccc(-c2nc(C(=O)O)cc(N3CCCC3)n2)cc1. The lowest BCUT2D eigenvalue weighted by atomic mass is 10.1. The van der Waals surface area contributed by atoms with Crippen LogP contribution in [0.25, 0.3) is 11.4 Å². The van der Waals surface area contributed by atoms with Gasteiger partial charge in [-0.3, -0.25) is 0 Å². The molecule has 108 valence electrons. The lowest BCUT2D eigenvalue weighted by Crippen LogP contribution is -2.20. The first kappa shape index (κ1) is 13.5. The molecule has 1 fully saturated rings. The topological polar surface area (TPSA) is 66.3 Å². The predicted molar refractivity (Wildman–Crippen MR) is 80.6 cm³/mol. The van der Waals surface area contributed by atoms with Crippen molar-refractivity contribution in [2.24, 2.45) is 0 Å². The maximum absolute atomic E-state index is 11.3. The first-order chi connectivity index (χ1) is 10.1. The predicted octanol–water partition coefficient (Wildman–Crippen LogP) is 2.75. The zero-order valence-electron chi connectivity index (χ0n) is 11.9. The summed E-state index contributed by atoms with van der Waals surface area (Å²) >= 11 is 0. The summed E-state index contributed by atoms with van der Waals surface area (Å²) in [5, 5.41) is 9.26. The van der Waals surface area contributed by atoms with Crippen molar-refractivity contribution in [2.45, 2.75) is 19.8 Å². The highest BCUT2D eigenvalue weighted by molar-refractivity contribution is 5.87. The van der Waals surface area contributed by atoms with Crippen LogP contribution in [0.1, 0.15) is 28.9 Å². The third kappa shape index (κ3) is 2.86. The van der Waals surface area contributed by atoms with Gasteiger partial charge in [-0.1, -0.05) is 29.8 Å². The molecule has 0 radical (unpaired) electrons. The summed E-state index contributed by atoms with van der Waals surface area (Å²) in [5.74, 6) is 0.151. The van der Waals surface area contributed by atoms with Crippen molar-refractivity contribution in [1.29, 1.82) is 0 Å². The van der Waals surface area contributed by atoms with E-state index in [4.69, 9.17) is 0 Å². The van der Waals surface area contributed by atoms with Gasteiger partial charge in [0.25, 0.3) is 0 Å². The first-order valence-corrected chi connectivity index (χ1v) is 7.08. The summed E-state index contributed by atoms with van der Waals surface area (Å²) < 4.78 is 0. The minimum absolute atomic E-state index is 0.0440. The number of aromatic nitrogens is 2. The van der Waals surface area contributed by atoms with Gasteiger partial charge in [0.05, 0.1) is 0 Å². The van der Waals surface area contributed by atoms with Crippen molar-refractivity contribution in [3.05, 3.63) is 41.6 Å². The number of aryl methyl sites for hydroxylation is 1. The number of nitrogens with zero attached hydrogens (tertiary/aromatic N) is 3. The quantitative estimate of drug-likeness (QED) is 0.938. The lowest BCUT2D eigenvalue weighted by molar-refractivity contribution is 0.0690. The van der Waals surface area contributed by atoms with E-state index in [2.05, 4.69) is 14.9 Å². The maximum Gasteiger partial charge on any atom is 0.354 e. The second kappa shape index (κ2) is 5.52. The van der Waals surface area contributed by atoms with Gasteiger partial charge in [0, 0.05) is 24.7 Å². The zero-order chi connectivity index (χ0) is 14.8. The van der Waals surface area contributed by atoms with Gasteiger partial charge < -0.3 is 10.0 Å². The van der Waals surface area contributed by atoms with Crippen LogP contribution in [-0.4, -0.2) is 34.1 Å². The number of aromatic carboxylic acids is 1. The molecule has 3 rings (SSSR count). The van der Waals surface area contributed by atoms with E-state index < -0.39 is 5.97 Å². The Bertz CT molecular complexity index is 662. The summed E-state index contributed by atoms with van der Waals surface area (Å²) in [6.07, 6.45) is 2.23. The van der Waals surface area contributed by atoms with Gasteiger partial charge in [-0.2, -0.15) is 0 Å². The number of hydrogen-bond acceptors (Lipinski definition) is 4. The molecule has 1 saturated heterocycles. The summed E-state index contributed by atoms with van der Waals surface area (Å²) in [6, 6.07) is 9.35. The van der Waals surface area contributed by atoms with Gasteiger partial charge in [-0.25, -0.2) is 14.8 Å². The average Bonchev–Trinajstić information content (AvgIpc) is 3.02. The van der Waals surface area contributed by atoms with E-state index in [1.54, 1.807) is 6.07 Å². The normalized spacial score (nSPS) is 14.4. The number of anilines is 1. The number of carboxylic acid groups (broad SMARTS) is 1. The average molecular weight is 283 g/mol. The Morgan fingerprint density at radius 2 is 1.81 bits per heavy atom. The van der Waals surface area contributed by atoms with Gasteiger partial charge in [-0.15, -0.1) is 0 Å². The fourth-order valence-corrected chi connectivity index (χ4v) is 2.48. The Morgan fingerprint density at radius 3 is 2.43 bits per heavy atom. The molecular formula is C16H17N3O2. The van der Waals surface area contributed by atoms with Gasteiger partial charge >= 0.3 is 5.97 Å². The number of benzene rings is 1. The molecule has 0 aliphatic carbocycles. The standard InChI is InChI=1S/C16H17N3O2/c1-11-4-6-12(7-5-11)15-17-13(16(20)21)10-14(18-15)19-8-2-3-9-19/h4-7,10H,2-3,8-9H2,1H3,(H,20,21). The second-order valence-electron chi connectivity index (χ2n) is 5.30. The Kier molecular flexibility index (Phi) is 3.56. The lowest BCUT2D eigenvalue weighted by Gasteiger charge is -2.17. The van der Waals surface area contributed by atoms with E-state index in [0.717, 1.165) is 37.1 Å². The molecule has 21 heavy (non-hydrogen) atoms. The summed E-state index contributed by atoms with van der Waals surface area (Å²) in [4.78, 5) is 22.1. The van der Waals surface area contributed by atoms with Crippen molar-refractivity contribution in [3.8, 4) is 11.4 Å². The van der Waals surface area contributed by atoms with Crippen LogP contribution in [0, 0.1) is 6.92 Å². The third-order valence-electron chi connectivity index (χ3n) is 3.67. The molecule has 0 bridgehead atoms. The third-order valence-corrected chi connectivity index (χ3v) is 3.67. The summed E-state index contributed by atoms with van der Waals surface area (Å²) in [7, 11) is 0. The molecule has 0 unspecified atom stereocenters. The second-order valence-corrected chi connectivity index (χ2v) is 5.30. The molecule has 0 atom stereocenters. The summed E-state index contributed by atoms with van der Waals surface area (Å²) in [6.45, 7) is 3.85. The Balaban J connectivity index is 2.06. The Labute approximate surface area is 123 Å². The molecule has 1 aromatic heterocycles. The maximum atomic E-state index is 11.3. The van der Waals surface area contributed by atoms with Crippen molar-refractivity contribution in [2.75, 3.05) is 18.0 Å². The molecule has 2 heterocycles. The van der Waals surface area contributed by atoms with E-state index in [0.29, 0.717) is 11.6 Å². The van der Waals surface area contributed by atoms with Gasteiger partial charge in [0.1, 0.15) is 5.82 Å². The Hall–Kier alpha value is -2.43. The summed E-state index contributed by atoms with van der Waals surface area (Å²) in [5.41, 5.74) is 2.03. The van der Waals surface area contributed by atoms with E-state index in [9.17, 15) is 9.90 Å². The van der Waals surface area contributed by atoms with Crippen LogP contribution in [0.15, 0.2) is 30.3 Å². The van der Waals surface area contributed by atoms with Gasteiger partial charge in [0.2, 0.25) is 0 Å². The van der Waals surface area contributed by atoms with Gasteiger partial charge in [0.15, 0.2) is 11.5 Å². The molecule has 1 aliphatic rings. The van der Waals surface area contributed by atoms with Crippen LogP contribution in [0.3, 0.4) is 0 Å². The molecule has 5 heteroatoms. The fraction of sp³-hybridized carbons (Fsp3) is 0.312. The molecule has 2 aromatic rings. The molecule has 5 nitrogen and oxygen atoms in total. The van der Waals surface area contributed by atoms with Crippen molar-refractivity contribution < 1.29 is 9.90 Å². The Morgan fingerprint density at radius 1 is 1.14 bits per heavy atom. The molecule has 1 N–H and O–H groups in total. The molecule has 1 aliphatic heterocycles. The number of carbonyl (C=O) groups is 1. The molecular weight excluding hydrogens is 266 g/mol. The molecule has 0 spiro atoms. The first-order valence-electron chi connectivity index (χ1n) is 7.08. The smallest absolute Gasteiger partial charge is 0.354 e. The number of rotatable bonds is 3. The van der Waals surface area contributed by atoms with E-state index in [1.165, 1.54) is 0 Å².